The van der Waals surface area contributed by atoms with Gasteiger partial charge in [-0.05, 0) is 48.9 Å². The number of carbonyl (C=O) groups excluding carboxylic acids is 2. The Morgan fingerprint density at radius 3 is 2.47 bits per heavy atom. The molecule has 1 saturated heterocycles. The lowest BCUT2D eigenvalue weighted by atomic mass is 9.95. The van der Waals surface area contributed by atoms with Crippen LogP contribution in [0.5, 0.6) is 11.5 Å². The second-order valence-corrected chi connectivity index (χ2v) is 7.09. The zero-order chi connectivity index (χ0) is 22.7. The molecule has 1 aromatic heterocycles. The van der Waals surface area contributed by atoms with E-state index in [1.807, 2.05) is 6.92 Å². The van der Waals surface area contributed by atoms with Crippen LogP contribution in [-0.4, -0.2) is 35.5 Å². The van der Waals surface area contributed by atoms with Crippen molar-refractivity contribution in [3.05, 3.63) is 89.6 Å². The molecule has 1 aliphatic heterocycles. The minimum Gasteiger partial charge on any atom is -0.507 e. The Bertz CT molecular complexity index is 1170. The summed E-state index contributed by atoms with van der Waals surface area (Å²) in [4.78, 5) is 31.8. The number of Topliss-reactive ketones (excluding diaryl/α,β-unsaturated/α-hetero) is 1. The van der Waals surface area contributed by atoms with Crippen LogP contribution in [0.1, 0.15) is 24.1 Å². The number of ether oxygens (including phenoxy) is 2. The highest BCUT2D eigenvalue weighted by Crippen LogP contribution is 2.42. The van der Waals surface area contributed by atoms with Crippen molar-refractivity contribution in [1.82, 2.24) is 4.98 Å². The van der Waals surface area contributed by atoms with Gasteiger partial charge in [-0.1, -0.05) is 30.3 Å². The zero-order valence-electron chi connectivity index (χ0n) is 17.7. The first-order valence-electron chi connectivity index (χ1n) is 10.1. The molecule has 1 amide bonds. The van der Waals surface area contributed by atoms with Gasteiger partial charge in [-0.3, -0.25) is 14.5 Å². The monoisotopic (exact) mass is 430 g/mol. The van der Waals surface area contributed by atoms with Crippen molar-refractivity contribution in [2.75, 3.05) is 18.6 Å². The summed E-state index contributed by atoms with van der Waals surface area (Å²) in [5.41, 5.74) is 1.00. The van der Waals surface area contributed by atoms with Crippen molar-refractivity contribution >= 4 is 23.3 Å². The van der Waals surface area contributed by atoms with E-state index in [0.717, 1.165) is 0 Å². The maximum Gasteiger partial charge on any atom is 0.301 e. The molecule has 1 atom stereocenters. The summed E-state index contributed by atoms with van der Waals surface area (Å²) in [7, 11) is 1.51. The number of hydrogen-bond donors (Lipinski definition) is 1. The summed E-state index contributed by atoms with van der Waals surface area (Å²) in [6.45, 7) is 2.40. The molecule has 2 aromatic carbocycles. The van der Waals surface area contributed by atoms with E-state index in [2.05, 4.69) is 4.98 Å². The molecule has 0 radical (unpaired) electrons. The first-order chi connectivity index (χ1) is 15.5. The standard InChI is InChI=1S/C25H22N2O5/c1-3-32-18-12-10-16(11-13-18)22-21(23(28)17-7-6-8-19(15-17)31-2)24(29)25(30)27(22)20-9-4-5-14-26-20/h4-15,22,28H,3H2,1-2H3/b23-21+/t22-/m1/s1. The number of hydrogen-bond acceptors (Lipinski definition) is 6. The third-order valence-electron chi connectivity index (χ3n) is 5.19. The van der Waals surface area contributed by atoms with Gasteiger partial charge in [0.25, 0.3) is 5.78 Å². The van der Waals surface area contributed by atoms with E-state index < -0.39 is 17.7 Å². The molecule has 0 unspecified atom stereocenters. The van der Waals surface area contributed by atoms with Gasteiger partial charge in [0.15, 0.2) is 0 Å². The Balaban J connectivity index is 1.90. The Morgan fingerprint density at radius 1 is 1.03 bits per heavy atom. The highest BCUT2D eigenvalue weighted by molar-refractivity contribution is 6.51. The van der Waals surface area contributed by atoms with Crippen molar-refractivity contribution in [2.24, 2.45) is 0 Å². The third-order valence-corrected chi connectivity index (χ3v) is 5.19. The number of benzene rings is 2. The minimum absolute atomic E-state index is 0.0157. The Morgan fingerprint density at radius 2 is 1.81 bits per heavy atom. The van der Waals surface area contributed by atoms with E-state index in [1.165, 1.54) is 12.0 Å². The molecular weight excluding hydrogens is 408 g/mol. The number of amides is 1. The largest absolute Gasteiger partial charge is 0.507 e. The van der Waals surface area contributed by atoms with E-state index in [0.29, 0.717) is 35.1 Å². The summed E-state index contributed by atoms with van der Waals surface area (Å²) in [6.07, 6.45) is 1.55. The molecule has 1 N–H and O–H groups in total. The topological polar surface area (TPSA) is 89.0 Å². The Kier molecular flexibility index (Phi) is 5.89. The van der Waals surface area contributed by atoms with Crippen LogP contribution in [0.4, 0.5) is 5.82 Å². The van der Waals surface area contributed by atoms with Crippen molar-refractivity contribution in [2.45, 2.75) is 13.0 Å². The van der Waals surface area contributed by atoms with Crippen LogP contribution < -0.4 is 14.4 Å². The van der Waals surface area contributed by atoms with E-state index in [-0.39, 0.29) is 11.3 Å². The number of ketones is 1. The molecule has 4 rings (SSSR count). The molecular formula is C25H22N2O5. The van der Waals surface area contributed by atoms with Gasteiger partial charge >= 0.3 is 5.91 Å². The molecule has 7 heteroatoms. The fraction of sp³-hybridized carbons (Fsp3) is 0.160. The molecule has 7 nitrogen and oxygen atoms in total. The Labute approximate surface area is 185 Å². The fourth-order valence-electron chi connectivity index (χ4n) is 3.72. The molecule has 1 fully saturated rings. The lowest BCUT2D eigenvalue weighted by Crippen LogP contribution is -2.30. The number of aliphatic hydroxyl groups excluding tert-OH is 1. The number of carbonyl (C=O) groups is 2. The minimum atomic E-state index is -0.855. The summed E-state index contributed by atoms with van der Waals surface area (Å²) in [5.74, 6) is -0.316. The van der Waals surface area contributed by atoms with Gasteiger partial charge in [0.05, 0.1) is 25.3 Å². The van der Waals surface area contributed by atoms with Gasteiger partial charge in [-0.2, -0.15) is 0 Å². The number of anilines is 1. The zero-order valence-corrected chi connectivity index (χ0v) is 17.7. The summed E-state index contributed by atoms with van der Waals surface area (Å²) in [5, 5.41) is 11.1. The normalized spacial score (nSPS) is 17.4. The maximum absolute atomic E-state index is 13.1. The van der Waals surface area contributed by atoms with Crippen molar-refractivity contribution in [3.8, 4) is 11.5 Å². The van der Waals surface area contributed by atoms with Crippen molar-refractivity contribution in [3.63, 3.8) is 0 Å². The van der Waals surface area contributed by atoms with Crippen molar-refractivity contribution < 1.29 is 24.2 Å². The summed E-state index contributed by atoms with van der Waals surface area (Å²) >= 11 is 0. The highest BCUT2D eigenvalue weighted by Gasteiger charge is 2.47. The van der Waals surface area contributed by atoms with E-state index >= 15 is 0 Å². The molecule has 3 aromatic rings. The van der Waals surface area contributed by atoms with E-state index in [9.17, 15) is 14.7 Å². The van der Waals surface area contributed by atoms with Crippen LogP contribution in [0.15, 0.2) is 78.5 Å². The lowest BCUT2D eigenvalue weighted by Gasteiger charge is -2.24. The van der Waals surface area contributed by atoms with Crippen LogP contribution >= 0.6 is 0 Å². The average molecular weight is 430 g/mol. The number of methoxy groups -OCH3 is 1. The van der Waals surface area contributed by atoms with Gasteiger partial charge in [0.1, 0.15) is 23.1 Å². The predicted molar refractivity (Wildman–Crippen MR) is 120 cm³/mol. The van der Waals surface area contributed by atoms with Gasteiger partial charge in [-0.25, -0.2) is 4.98 Å². The summed E-state index contributed by atoms with van der Waals surface area (Å²) < 4.78 is 10.7. The van der Waals surface area contributed by atoms with Crippen LogP contribution in [0.2, 0.25) is 0 Å². The lowest BCUT2D eigenvalue weighted by molar-refractivity contribution is -0.132. The maximum atomic E-state index is 13.1. The van der Waals surface area contributed by atoms with Gasteiger partial charge in [0, 0.05) is 11.8 Å². The first-order valence-corrected chi connectivity index (χ1v) is 10.1. The van der Waals surface area contributed by atoms with Crippen molar-refractivity contribution in [1.29, 1.82) is 0 Å². The Hall–Kier alpha value is -4.13. The predicted octanol–water partition coefficient (Wildman–Crippen LogP) is 4.12. The molecule has 32 heavy (non-hydrogen) atoms. The first kappa shape index (κ1) is 21.1. The van der Waals surface area contributed by atoms with Gasteiger partial charge in [0.2, 0.25) is 0 Å². The number of rotatable bonds is 6. The van der Waals surface area contributed by atoms with Crippen LogP contribution in [0, 0.1) is 0 Å². The SMILES string of the molecule is CCOc1ccc([C@@H]2/C(=C(\O)c3cccc(OC)c3)C(=O)C(=O)N2c2ccccn2)cc1. The van der Waals surface area contributed by atoms with Crippen LogP contribution in [0.25, 0.3) is 5.76 Å². The molecule has 2 heterocycles. The average Bonchev–Trinajstić information content (AvgIpc) is 3.10. The second kappa shape index (κ2) is 8.93. The number of nitrogens with zero attached hydrogens (tertiary/aromatic N) is 2. The summed E-state index contributed by atoms with van der Waals surface area (Å²) in [6, 6.07) is 18.0. The molecule has 0 bridgehead atoms. The van der Waals surface area contributed by atoms with E-state index in [4.69, 9.17) is 9.47 Å². The number of pyridine rings is 1. The van der Waals surface area contributed by atoms with Gasteiger partial charge in [-0.15, -0.1) is 0 Å². The fourth-order valence-corrected chi connectivity index (χ4v) is 3.72. The number of aromatic nitrogens is 1. The van der Waals surface area contributed by atoms with Gasteiger partial charge < -0.3 is 14.6 Å². The van der Waals surface area contributed by atoms with E-state index in [1.54, 1.807) is 72.9 Å². The molecule has 162 valence electrons. The third kappa shape index (κ3) is 3.80. The molecule has 0 aliphatic carbocycles. The van der Waals surface area contributed by atoms with Crippen LogP contribution in [-0.2, 0) is 9.59 Å². The smallest absolute Gasteiger partial charge is 0.301 e. The highest BCUT2D eigenvalue weighted by atomic mass is 16.5. The molecule has 1 aliphatic rings. The molecule has 0 saturated carbocycles. The molecule has 0 spiro atoms. The second-order valence-electron chi connectivity index (χ2n) is 7.09. The number of aliphatic hydroxyl groups is 1. The van der Waals surface area contributed by atoms with Crippen LogP contribution in [0.3, 0.4) is 0 Å². The quantitative estimate of drug-likeness (QED) is 0.360.